The number of nitrogens with zero attached hydrogens (tertiary/aromatic N) is 3. The predicted octanol–water partition coefficient (Wildman–Crippen LogP) is 2.20. The minimum absolute atomic E-state index is 0.328. The number of hydrogen-bond acceptors (Lipinski definition) is 5. The maximum atomic E-state index is 5.87. The van der Waals surface area contributed by atoms with E-state index in [4.69, 9.17) is 10.5 Å². The van der Waals surface area contributed by atoms with Gasteiger partial charge in [0.1, 0.15) is 5.82 Å². The van der Waals surface area contributed by atoms with Gasteiger partial charge in [0.05, 0.1) is 12.3 Å². The average Bonchev–Trinajstić information content (AvgIpc) is 3.02. The highest BCUT2D eigenvalue weighted by Gasteiger charge is 2.21. The van der Waals surface area contributed by atoms with Crippen molar-refractivity contribution in [2.75, 3.05) is 30.9 Å². The van der Waals surface area contributed by atoms with Crippen LogP contribution in [0.3, 0.4) is 0 Å². The molecule has 1 fully saturated rings. The van der Waals surface area contributed by atoms with E-state index in [1.807, 2.05) is 31.3 Å². The van der Waals surface area contributed by atoms with E-state index in [0.717, 1.165) is 37.7 Å². The molecule has 1 aromatic heterocycles. The van der Waals surface area contributed by atoms with Gasteiger partial charge in [0, 0.05) is 32.2 Å². The maximum Gasteiger partial charge on any atom is 0.222 e. The van der Waals surface area contributed by atoms with E-state index in [-0.39, 0.29) is 0 Å². The van der Waals surface area contributed by atoms with E-state index in [1.165, 1.54) is 5.56 Å². The normalized spacial score (nSPS) is 17.9. The molecule has 0 spiro atoms. The first kappa shape index (κ1) is 13.8. The van der Waals surface area contributed by atoms with Gasteiger partial charge in [0.2, 0.25) is 5.95 Å². The molecule has 1 atom stereocenters. The Kier molecular flexibility index (Phi) is 4.01. The first-order valence-electron chi connectivity index (χ1n) is 7.19. The van der Waals surface area contributed by atoms with Gasteiger partial charge in [0.25, 0.3) is 0 Å². The molecule has 1 aliphatic rings. The van der Waals surface area contributed by atoms with Crippen LogP contribution in [-0.2, 0) is 11.3 Å². The van der Waals surface area contributed by atoms with E-state index in [1.54, 1.807) is 0 Å². The number of hydrogen-bond donors (Lipinski definition) is 1. The zero-order valence-electron chi connectivity index (χ0n) is 12.2. The van der Waals surface area contributed by atoms with Crippen LogP contribution in [-0.4, -0.2) is 30.2 Å². The molecular formula is C16H20N4O. The molecule has 1 aliphatic heterocycles. The Morgan fingerprint density at radius 1 is 1.29 bits per heavy atom. The molecule has 2 heterocycles. The Balaban J connectivity index is 1.80. The fourth-order valence-electron chi connectivity index (χ4n) is 2.58. The molecule has 2 aromatic rings. The van der Waals surface area contributed by atoms with E-state index in [2.05, 4.69) is 27.0 Å². The van der Waals surface area contributed by atoms with E-state index in [9.17, 15) is 0 Å². The minimum atomic E-state index is 0.328. The summed E-state index contributed by atoms with van der Waals surface area (Å²) < 4.78 is 5.43. The lowest BCUT2D eigenvalue weighted by molar-refractivity contribution is 0.193. The van der Waals surface area contributed by atoms with Gasteiger partial charge in [-0.05, 0) is 12.0 Å². The molecule has 2 N–H and O–H groups in total. The summed E-state index contributed by atoms with van der Waals surface area (Å²) in [5.74, 6) is 1.52. The molecule has 21 heavy (non-hydrogen) atoms. The molecule has 1 aromatic carbocycles. The van der Waals surface area contributed by atoms with Crippen LogP contribution in [0.5, 0.6) is 0 Å². The van der Waals surface area contributed by atoms with Crippen molar-refractivity contribution in [1.29, 1.82) is 0 Å². The molecule has 110 valence electrons. The first-order chi connectivity index (χ1) is 10.2. The SMILES string of the molecule is CN(Cc1ccccc1)c1cc([C@H]2CCOC2)nc(N)n1. The largest absolute Gasteiger partial charge is 0.381 e. The molecule has 0 aliphatic carbocycles. The molecule has 0 unspecified atom stereocenters. The van der Waals surface area contributed by atoms with Crippen LogP contribution in [0.25, 0.3) is 0 Å². The third-order valence-corrected chi connectivity index (χ3v) is 3.75. The molecule has 3 rings (SSSR count). The molecule has 0 radical (unpaired) electrons. The highest BCUT2D eigenvalue weighted by Crippen LogP contribution is 2.26. The molecule has 0 amide bonds. The quantitative estimate of drug-likeness (QED) is 0.932. The minimum Gasteiger partial charge on any atom is -0.381 e. The Hall–Kier alpha value is -2.14. The molecule has 5 nitrogen and oxygen atoms in total. The summed E-state index contributed by atoms with van der Waals surface area (Å²) in [6, 6.07) is 12.3. The van der Waals surface area contributed by atoms with Gasteiger partial charge < -0.3 is 15.4 Å². The predicted molar refractivity (Wildman–Crippen MR) is 83.2 cm³/mol. The topological polar surface area (TPSA) is 64.3 Å². The Bertz CT molecular complexity index is 596. The Morgan fingerprint density at radius 3 is 2.81 bits per heavy atom. The lowest BCUT2D eigenvalue weighted by Crippen LogP contribution is -2.19. The van der Waals surface area contributed by atoms with Crippen LogP contribution in [0.15, 0.2) is 36.4 Å². The van der Waals surface area contributed by atoms with Crippen LogP contribution >= 0.6 is 0 Å². The van der Waals surface area contributed by atoms with Gasteiger partial charge in [-0.2, -0.15) is 4.98 Å². The second-order valence-corrected chi connectivity index (χ2v) is 5.41. The van der Waals surface area contributed by atoms with Crippen molar-refractivity contribution in [2.24, 2.45) is 0 Å². The lowest BCUT2D eigenvalue weighted by atomic mass is 10.0. The maximum absolute atomic E-state index is 5.87. The molecule has 0 saturated carbocycles. The van der Waals surface area contributed by atoms with E-state index in [0.29, 0.717) is 11.9 Å². The van der Waals surface area contributed by atoms with Crippen LogP contribution < -0.4 is 10.6 Å². The monoisotopic (exact) mass is 284 g/mol. The fourth-order valence-corrected chi connectivity index (χ4v) is 2.58. The van der Waals surface area contributed by atoms with Gasteiger partial charge in [-0.25, -0.2) is 4.98 Å². The summed E-state index contributed by atoms with van der Waals surface area (Å²) in [7, 11) is 2.02. The first-order valence-corrected chi connectivity index (χ1v) is 7.19. The average molecular weight is 284 g/mol. The van der Waals surface area contributed by atoms with Crippen molar-refractivity contribution >= 4 is 11.8 Å². The third kappa shape index (κ3) is 3.31. The van der Waals surface area contributed by atoms with Gasteiger partial charge >= 0.3 is 0 Å². The number of benzene rings is 1. The molecule has 1 saturated heterocycles. The zero-order chi connectivity index (χ0) is 14.7. The number of ether oxygens (including phenoxy) is 1. The number of anilines is 2. The standard InChI is InChI=1S/C16H20N4O/c1-20(10-12-5-3-2-4-6-12)15-9-14(18-16(17)19-15)13-7-8-21-11-13/h2-6,9,13H,7-8,10-11H2,1H3,(H2,17,18,19)/t13-/m0/s1. The summed E-state index contributed by atoms with van der Waals surface area (Å²) >= 11 is 0. The van der Waals surface area contributed by atoms with Crippen LogP contribution in [0.2, 0.25) is 0 Å². The van der Waals surface area contributed by atoms with Crippen molar-refractivity contribution in [1.82, 2.24) is 9.97 Å². The van der Waals surface area contributed by atoms with Crippen LogP contribution in [0.1, 0.15) is 23.6 Å². The Labute approximate surface area is 124 Å². The van der Waals surface area contributed by atoms with Gasteiger partial charge in [0.15, 0.2) is 0 Å². The van der Waals surface area contributed by atoms with Crippen molar-refractivity contribution in [2.45, 2.75) is 18.9 Å². The summed E-state index contributed by atoms with van der Waals surface area (Å²) in [5, 5.41) is 0. The molecule has 5 heteroatoms. The zero-order valence-corrected chi connectivity index (χ0v) is 12.2. The highest BCUT2D eigenvalue weighted by atomic mass is 16.5. The van der Waals surface area contributed by atoms with Crippen molar-refractivity contribution in [3.63, 3.8) is 0 Å². The Morgan fingerprint density at radius 2 is 2.10 bits per heavy atom. The van der Waals surface area contributed by atoms with Gasteiger partial charge in [-0.3, -0.25) is 0 Å². The van der Waals surface area contributed by atoms with E-state index >= 15 is 0 Å². The molecule has 0 bridgehead atoms. The second-order valence-electron chi connectivity index (χ2n) is 5.41. The third-order valence-electron chi connectivity index (χ3n) is 3.75. The summed E-state index contributed by atoms with van der Waals surface area (Å²) in [5.41, 5.74) is 8.09. The number of nitrogens with two attached hydrogens (primary N) is 1. The van der Waals surface area contributed by atoms with Gasteiger partial charge in [-0.1, -0.05) is 30.3 Å². The second kappa shape index (κ2) is 6.10. The summed E-state index contributed by atoms with van der Waals surface area (Å²) in [6.07, 6.45) is 0.998. The van der Waals surface area contributed by atoms with Crippen molar-refractivity contribution in [3.05, 3.63) is 47.7 Å². The number of rotatable bonds is 4. The fraction of sp³-hybridized carbons (Fsp3) is 0.375. The van der Waals surface area contributed by atoms with Crippen molar-refractivity contribution < 1.29 is 4.74 Å². The smallest absolute Gasteiger partial charge is 0.222 e. The summed E-state index contributed by atoms with van der Waals surface area (Å²) in [4.78, 5) is 10.8. The molecular weight excluding hydrogens is 264 g/mol. The highest BCUT2D eigenvalue weighted by molar-refractivity contribution is 5.44. The van der Waals surface area contributed by atoms with Crippen LogP contribution in [0, 0.1) is 0 Å². The van der Waals surface area contributed by atoms with E-state index < -0.39 is 0 Å². The van der Waals surface area contributed by atoms with Crippen LogP contribution in [0.4, 0.5) is 11.8 Å². The lowest BCUT2D eigenvalue weighted by Gasteiger charge is -2.20. The van der Waals surface area contributed by atoms with Gasteiger partial charge in [-0.15, -0.1) is 0 Å². The van der Waals surface area contributed by atoms with Crippen molar-refractivity contribution in [3.8, 4) is 0 Å². The number of aromatic nitrogens is 2. The number of nitrogen functional groups attached to an aromatic ring is 1. The summed E-state index contributed by atoms with van der Waals surface area (Å²) in [6.45, 7) is 2.31.